The van der Waals surface area contributed by atoms with Crippen LogP contribution in [0.25, 0.3) is 0 Å². The maximum absolute atomic E-state index is 12.2. The van der Waals surface area contributed by atoms with Crippen LogP contribution in [0.2, 0.25) is 0 Å². The SMILES string of the molecule is N#CCOc1ccc(NC(=O)NCCC(c2ccccc2)c2ccccc2)cc1. The molecule has 0 aromatic heterocycles. The second-order valence-corrected chi connectivity index (χ2v) is 6.51. The van der Waals surface area contributed by atoms with Gasteiger partial charge in [0.25, 0.3) is 0 Å². The molecule has 5 heteroatoms. The zero-order valence-electron chi connectivity index (χ0n) is 16.0. The van der Waals surface area contributed by atoms with E-state index in [1.165, 1.54) is 11.1 Å². The van der Waals surface area contributed by atoms with Crippen molar-refractivity contribution in [1.82, 2.24) is 5.32 Å². The number of carbonyl (C=O) groups excluding carboxylic acids is 1. The summed E-state index contributed by atoms with van der Waals surface area (Å²) < 4.78 is 5.20. The summed E-state index contributed by atoms with van der Waals surface area (Å²) in [5, 5.41) is 14.3. The van der Waals surface area contributed by atoms with Crippen LogP contribution in [0.1, 0.15) is 23.5 Å². The van der Waals surface area contributed by atoms with Gasteiger partial charge < -0.3 is 15.4 Å². The highest BCUT2D eigenvalue weighted by molar-refractivity contribution is 5.89. The van der Waals surface area contributed by atoms with Crippen molar-refractivity contribution in [2.75, 3.05) is 18.5 Å². The van der Waals surface area contributed by atoms with Gasteiger partial charge in [-0.2, -0.15) is 5.26 Å². The molecule has 0 unspecified atom stereocenters. The van der Waals surface area contributed by atoms with Gasteiger partial charge in [-0.3, -0.25) is 0 Å². The molecule has 5 nitrogen and oxygen atoms in total. The highest BCUT2D eigenvalue weighted by atomic mass is 16.5. The van der Waals surface area contributed by atoms with Gasteiger partial charge in [-0.05, 0) is 41.8 Å². The second kappa shape index (κ2) is 10.5. The molecule has 3 rings (SSSR count). The highest BCUT2D eigenvalue weighted by Gasteiger charge is 2.14. The molecule has 0 fully saturated rings. The monoisotopic (exact) mass is 385 g/mol. The second-order valence-electron chi connectivity index (χ2n) is 6.51. The van der Waals surface area contributed by atoms with Gasteiger partial charge in [-0.1, -0.05) is 60.7 Å². The number of amides is 2. The first kappa shape index (κ1) is 20.0. The molecule has 3 aromatic carbocycles. The van der Waals surface area contributed by atoms with Crippen molar-refractivity contribution in [3.63, 3.8) is 0 Å². The van der Waals surface area contributed by atoms with E-state index in [-0.39, 0.29) is 18.6 Å². The lowest BCUT2D eigenvalue weighted by molar-refractivity contribution is 0.252. The molecule has 0 atom stereocenters. The fourth-order valence-corrected chi connectivity index (χ4v) is 3.15. The Kier molecular flexibility index (Phi) is 7.25. The molecule has 0 saturated carbocycles. The Hall–Kier alpha value is -3.78. The normalized spacial score (nSPS) is 10.2. The third kappa shape index (κ3) is 6.12. The first-order valence-corrected chi connectivity index (χ1v) is 9.51. The third-order valence-corrected chi connectivity index (χ3v) is 4.54. The molecule has 0 spiro atoms. The van der Waals surface area contributed by atoms with Gasteiger partial charge in [0.1, 0.15) is 11.8 Å². The Bertz CT molecular complexity index is 896. The predicted molar refractivity (Wildman–Crippen MR) is 114 cm³/mol. The number of carbonyl (C=O) groups is 1. The first-order valence-electron chi connectivity index (χ1n) is 9.51. The van der Waals surface area contributed by atoms with Crippen LogP contribution in [0.3, 0.4) is 0 Å². The van der Waals surface area contributed by atoms with Crippen LogP contribution in [0.15, 0.2) is 84.9 Å². The van der Waals surface area contributed by atoms with Gasteiger partial charge >= 0.3 is 6.03 Å². The van der Waals surface area contributed by atoms with Crippen LogP contribution in [0.4, 0.5) is 10.5 Å². The van der Waals surface area contributed by atoms with E-state index in [1.807, 2.05) is 42.5 Å². The first-order chi connectivity index (χ1) is 14.3. The smallest absolute Gasteiger partial charge is 0.319 e. The van der Waals surface area contributed by atoms with Gasteiger partial charge in [0.15, 0.2) is 6.61 Å². The quantitative estimate of drug-likeness (QED) is 0.577. The van der Waals surface area contributed by atoms with Crippen molar-refractivity contribution in [3.05, 3.63) is 96.1 Å². The Morgan fingerprint density at radius 3 is 2.03 bits per heavy atom. The highest BCUT2D eigenvalue weighted by Crippen LogP contribution is 2.27. The summed E-state index contributed by atoms with van der Waals surface area (Å²) in [6.07, 6.45) is 0.794. The van der Waals surface area contributed by atoms with Gasteiger partial charge in [0.05, 0.1) is 0 Å². The Morgan fingerprint density at radius 1 is 0.897 bits per heavy atom. The third-order valence-electron chi connectivity index (χ3n) is 4.54. The minimum absolute atomic E-state index is 0.00272. The van der Waals surface area contributed by atoms with Crippen molar-refractivity contribution in [2.24, 2.45) is 0 Å². The van der Waals surface area contributed by atoms with E-state index in [1.54, 1.807) is 24.3 Å². The molecule has 146 valence electrons. The van der Waals surface area contributed by atoms with Crippen LogP contribution in [-0.4, -0.2) is 19.2 Å². The molecule has 0 heterocycles. The summed E-state index contributed by atoms with van der Waals surface area (Å²) in [5.74, 6) is 0.806. The van der Waals surface area contributed by atoms with Crippen molar-refractivity contribution in [1.29, 1.82) is 5.26 Å². The van der Waals surface area contributed by atoms with E-state index in [4.69, 9.17) is 10.00 Å². The molecule has 3 aromatic rings. The summed E-state index contributed by atoms with van der Waals surface area (Å²) in [4.78, 5) is 12.2. The summed E-state index contributed by atoms with van der Waals surface area (Å²) in [6, 6.07) is 29.2. The van der Waals surface area contributed by atoms with Crippen LogP contribution in [-0.2, 0) is 0 Å². The molecule has 0 aliphatic heterocycles. The molecule has 29 heavy (non-hydrogen) atoms. The standard InChI is InChI=1S/C24H23N3O2/c25-16-18-29-22-13-11-21(12-14-22)27-24(28)26-17-15-23(19-7-3-1-4-8-19)20-9-5-2-6-10-20/h1-14,23H,15,17-18H2,(H2,26,27,28). The van der Waals surface area contributed by atoms with E-state index in [2.05, 4.69) is 34.9 Å². The molecular formula is C24H23N3O2. The number of nitriles is 1. The number of ether oxygens (including phenoxy) is 1. The van der Waals surface area contributed by atoms with Gasteiger partial charge in [-0.25, -0.2) is 4.79 Å². The maximum atomic E-state index is 12.2. The molecule has 0 saturated heterocycles. The molecule has 0 bridgehead atoms. The summed E-state index contributed by atoms with van der Waals surface area (Å²) >= 11 is 0. The van der Waals surface area contributed by atoms with Gasteiger partial charge in [-0.15, -0.1) is 0 Å². The minimum Gasteiger partial charge on any atom is -0.479 e. The molecule has 0 radical (unpaired) electrons. The number of nitrogens with one attached hydrogen (secondary N) is 2. The molecule has 2 N–H and O–H groups in total. The number of nitrogens with zero attached hydrogens (tertiary/aromatic N) is 1. The number of anilines is 1. The van der Waals surface area contributed by atoms with Crippen LogP contribution < -0.4 is 15.4 Å². The number of hydrogen-bond acceptors (Lipinski definition) is 3. The largest absolute Gasteiger partial charge is 0.479 e. The number of urea groups is 1. The molecule has 2 amide bonds. The topological polar surface area (TPSA) is 74.1 Å². The maximum Gasteiger partial charge on any atom is 0.319 e. The summed E-state index contributed by atoms with van der Waals surface area (Å²) in [6.45, 7) is 0.543. The zero-order chi connectivity index (χ0) is 20.3. The Labute approximate surface area is 171 Å². The predicted octanol–water partition coefficient (Wildman–Crippen LogP) is 4.93. The van der Waals surface area contributed by atoms with Crippen LogP contribution >= 0.6 is 0 Å². The summed E-state index contributed by atoms with van der Waals surface area (Å²) in [5.41, 5.74) is 3.12. The van der Waals surface area contributed by atoms with E-state index >= 15 is 0 Å². The lowest BCUT2D eigenvalue weighted by Crippen LogP contribution is -2.30. The average Bonchev–Trinajstić information content (AvgIpc) is 2.77. The van der Waals surface area contributed by atoms with Gasteiger partial charge in [0, 0.05) is 18.2 Å². The molecular weight excluding hydrogens is 362 g/mol. The van der Waals surface area contributed by atoms with E-state index < -0.39 is 0 Å². The van der Waals surface area contributed by atoms with E-state index in [9.17, 15) is 4.79 Å². The van der Waals surface area contributed by atoms with E-state index in [0.717, 1.165) is 6.42 Å². The summed E-state index contributed by atoms with van der Waals surface area (Å²) in [7, 11) is 0. The lowest BCUT2D eigenvalue weighted by atomic mass is 9.88. The van der Waals surface area contributed by atoms with Crippen molar-refractivity contribution < 1.29 is 9.53 Å². The van der Waals surface area contributed by atoms with Gasteiger partial charge in [0.2, 0.25) is 0 Å². The zero-order valence-corrected chi connectivity index (χ0v) is 16.0. The van der Waals surface area contributed by atoms with Crippen LogP contribution in [0.5, 0.6) is 5.75 Å². The average molecular weight is 385 g/mol. The van der Waals surface area contributed by atoms with Crippen molar-refractivity contribution in [2.45, 2.75) is 12.3 Å². The van der Waals surface area contributed by atoms with Crippen LogP contribution in [0, 0.1) is 11.3 Å². The fraction of sp³-hybridized carbons (Fsp3) is 0.167. The Balaban J connectivity index is 1.54. The molecule has 0 aliphatic carbocycles. The number of hydrogen-bond donors (Lipinski definition) is 2. The number of rotatable bonds is 8. The van der Waals surface area contributed by atoms with Crippen molar-refractivity contribution in [3.8, 4) is 11.8 Å². The minimum atomic E-state index is -0.254. The Morgan fingerprint density at radius 2 is 1.48 bits per heavy atom. The fourth-order valence-electron chi connectivity index (χ4n) is 3.15. The van der Waals surface area contributed by atoms with E-state index in [0.29, 0.717) is 18.0 Å². The molecule has 0 aliphatic rings. The number of benzene rings is 3. The van der Waals surface area contributed by atoms with Crippen molar-refractivity contribution >= 4 is 11.7 Å². The lowest BCUT2D eigenvalue weighted by Gasteiger charge is -2.18.